The minimum absolute atomic E-state index is 0.159. The summed E-state index contributed by atoms with van der Waals surface area (Å²) in [7, 11) is -1.25. The Kier molecular flexibility index (Phi) is 6.95. The predicted molar refractivity (Wildman–Crippen MR) is 73.9 cm³/mol. The van der Waals surface area contributed by atoms with Gasteiger partial charge in [-0.1, -0.05) is 34.6 Å². The Morgan fingerprint density at radius 3 is 2.06 bits per heavy atom. The minimum atomic E-state index is -2.60. The first-order chi connectivity index (χ1) is 8.38. The first kappa shape index (κ1) is 16.9. The van der Waals surface area contributed by atoms with Gasteiger partial charge in [-0.3, -0.25) is 0 Å². The summed E-state index contributed by atoms with van der Waals surface area (Å²) >= 11 is 0. The smallest absolute Gasteiger partial charge is 0.435 e. The van der Waals surface area contributed by atoms with Gasteiger partial charge in [0.25, 0.3) is 0 Å². The van der Waals surface area contributed by atoms with Crippen LogP contribution in [0, 0.1) is 5.39 Å². The average molecular weight is 273 g/mol. The van der Waals surface area contributed by atoms with E-state index >= 15 is 0 Å². The number of aliphatic hydroxyl groups is 1. The van der Waals surface area contributed by atoms with Crippen LogP contribution in [0.4, 0.5) is 0 Å². The molecular weight excluding hydrogens is 248 g/mol. The van der Waals surface area contributed by atoms with Gasteiger partial charge in [-0.05, 0) is 17.5 Å². The molecule has 5 nitrogen and oxygen atoms in total. The zero-order chi connectivity index (χ0) is 14.3. The van der Waals surface area contributed by atoms with Crippen molar-refractivity contribution in [1.29, 1.82) is 5.39 Å². The molecule has 0 aromatic carbocycles. The second-order valence-corrected chi connectivity index (χ2v) is 9.57. The quantitative estimate of drug-likeness (QED) is 0.433. The summed E-state index contributed by atoms with van der Waals surface area (Å²) in [5, 5.41) is 19.2. The average Bonchev–Trinajstić information content (AvgIpc) is 2.32. The van der Waals surface area contributed by atoms with Crippen LogP contribution >= 0.6 is 0 Å². The van der Waals surface area contributed by atoms with E-state index < -0.39 is 8.32 Å². The summed E-state index contributed by atoms with van der Waals surface area (Å²) in [4.78, 5) is 3.27. The van der Waals surface area contributed by atoms with Crippen molar-refractivity contribution in [3.05, 3.63) is 16.2 Å². The Labute approximate surface area is 111 Å². The van der Waals surface area contributed by atoms with Crippen molar-refractivity contribution in [1.82, 2.24) is 0 Å². The van der Waals surface area contributed by atoms with Crippen molar-refractivity contribution >= 4 is 8.32 Å². The molecule has 1 N–H and O–H groups in total. The van der Waals surface area contributed by atoms with Crippen molar-refractivity contribution in [2.75, 3.05) is 13.7 Å². The Bertz CT molecular complexity index is 327. The fourth-order valence-corrected chi connectivity index (χ4v) is 6.64. The van der Waals surface area contributed by atoms with E-state index in [4.69, 9.17) is 9.16 Å². The lowest BCUT2D eigenvalue weighted by Gasteiger charge is -2.31. The molecule has 0 aromatic heterocycles. The van der Waals surface area contributed by atoms with E-state index in [0.29, 0.717) is 6.61 Å². The number of hydrogen-bond acceptors (Lipinski definition) is 4. The monoisotopic (exact) mass is 273 g/mol. The van der Waals surface area contributed by atoms with Crippen LogP contribution in [0.5, 0.6) is 0 Å². The number of ether oxygens (including phenoxy) is 1. The molecule has 0 fully saturated rings. The molecule has 0 atom stereocenters. The molecule has 6 heteroatoms. The molecule has 0 aliphatic heterocycles. The maximum absolute atomic E-state index is 9.81. The summed E-state index contributed by atoms with van der Waals surface area (Å²) < 4.78 is 10.9. The number of nitrogens with zero attached hydrogens (tertiary/aromatic N) is 2. The highest BCUT2D eigenvalue weighted by Crippen LogP contribution is 2.41. The predicted octanol–water partition coefficient (Wildman–Crippen LogP) is 3.94. The molecule has 0 saturated carbocycles. The summed E-state index contributed by atoms with van der Waals surface area (Å²) in [5.74, 6) is -0.345. The van der Waals surface area contributed by atoms with Gasteiger partial charge in [-0.2, -0.15) is 0 Å². The summed E-state index contributed by atoms with van der Waals surface area (Å²) in [6, 6.07) is 0. The summed E-state index contributed by atoms with van der Waals surface area (Å²) in [5.41, 5.74) is 0.319. The van der Waals surface area contributed by atoms with E-state index in [2.05, 4.69) is 4.98 Å². The largest absolute Gasteiger partial charge is 0.476 e. The van der Waals surface area contributed by atoms with Gasteiger partial charge in [-0.15, -0.1) is 0 Å². The third-order valence-corrected chi connectivity index (χ3v) is 8.29. The van der Waals surface area contributed by atoms with E-state index in [0.717, 1.165) is 6.42 Å². The van der Waals surface area contributed by atoms with E-state index in [1.54, 1.807) is 0 Å². The van der Waals surface area contributed by atoms with Gasteiger partial charge in [-0.25, -0.2) is 0 Å². The van der Waals surface area contributed by atoms with Gasteiger partial charge >= 0.3 is 19.6 Å². The van der Waals surface area contributed by atoms with Gasteiger partial charge in [0.1, 0.15) is 0 Å². The van der Waals surface area contributed by atoms with Crippen molar-refractivity contribution in [2.45, 2.75) is 52.1 Å². The molecule has 18 heavy (non-hydrogen) atoms. The molecule has 0 bridgehead atoms. The van der Waals surface area contributed by atoms with E-state index in [-0.39, 0.29) is 22.3 Å². The number of hydrogen-bond donors (Lipinski definition) is 1. The molecule has 0 aliphatic carbocycles. The SMILES string of the molecule is CCCO[Si](C([N+]#N)=C(O)OC)(C(C)C)C(C)C. The zero-order valence-corrected chi connectivity index (χ0v) is 13.2. The molecule has 0 saturated heterocycles. The zero-order valence-electron chi connectivity index (χ0n) is 12.2. The topological polar surface area (TPSA) is 66.8 Å². The van der Waals surface area contributed by atoms with Crippen LogP contribution in [0.3, 0.4) is 0 Å². The highest BCUT2D eigenvalue weighted by atomic mass is 28.4. The summed E-state index contributed by atoms with van der Waals surface area (Å²) in [6.45, 7) is 10.7. The maximum Gasteiger partial charge on any atom is 0.435 e. The van der Waals surface area contributed by atoms with Crippen LogP contribution in [0.1, 0.15) is 41.0 Å². The van der Waals surface area contributed by atoms with E-state index in [1.807, 2.05) is 34.6 Å². The normalized spacial score (nSPS) is 13.5. The molecule has 0 radical (unpaired) electrons. The van der Waals surface area contributed by atoms with Crippen LogP contribution in [0.15, 0.2) is 11.3 Å². The van der Waals surface area contributed by atoms with Gasteiger partial charge < -0.3 is 14.3 Å². The molecular formula is C12H25N2O3Si+. The molecule has 0 unspecified atom stereocenters. The highest BCUT2D eigenvalue weighted by Gasteiger charge is 2.58. The van der Waals surface area contributed by atoms with Crippen LogP contribution in [0.2, 0.25) is 11.1 Å². The number of rotatable bonds is 7. The maximum atomic E-state index is 9.81. The molecule has 0 heterocycles. The van der Waals surface area contributed by atoms with Crippen molar-refractivity contribution < 1.29 is 14.3 Å². The van der Waals surface area contributed by atoms with Gasteiger partial charge in [0, 0.05) is 6.61 Å². The van der Waals surface area contributed by atoms with Gasteiger partial charge in [0.2, 0.25) is 5.39 Å². The first-order valence-electron chi connectivity index (χ1n) is 6.35. The Balaban J connectivity index is 5.77. The molecule has 0 aromatic rings. The third kappa shape index (κ3) is 3.24. The van der Waals surface area contributed by atoms with Crippen molar-refractivity contribution in [3.63, 3.8) is 0 Å². The molecule has 0 aliphatic rings. The van der Waals surface area contributed by atoms with Crippen molar-refractivity contribution in [3.8, 4) is 0 Å². The van der Waals surface area contributed by atoms with E-state index in [9.17, 15) is 10.5 Å². The molecule has 104 valence electrons. The fraction of sp³-hybridized carbons (Fsp3) is 0.833. The Hall–Kier alpha value is -1.06. The van der Waals surface area contributed by atoms with Gasteiger partial charge in [0.15, 0.2) is 4.98 Å². The lowest BCUT2D eigenvalue weighted by Crippen LogP contribution is -2.47. The van der Waals surface area contributed by atoms with Crippen LogP contribution < -0.4 is 0 Å². The molecule has 0 spiro atoms. The third-order valence-electron chi connectivity index (χ3n) is 3.13. The Morgan fingerprint density at radius 2 is 1.78 bits per heavy atom. The van der Waals surface area contributed by atoms with Crippen LogP contribution in [-0.2, 0) is 9.16 Å². The first-order valence-corrected chi connectivity index (χ1v) is 8.41. The number of diazo groups is 1. The van der Waals surface area contributed by atoms with E-state index in [1.165, 1.54) is 7.11 Å². The highest BCUT2D eigenvalue weighted by molar-refractivity contribution is 6.83. The Morgan fingerprint density at radius 1 is 1.28 bits per heavy atom. The molecule has 0 rings (SSSR count). The van der Waals surface area contributed by atoms with Crippen LogP contribution in [0.25, 0.3) is 4.98 Å². The minimum Gasteiger partial charge on any atom is -0.476 e. The van der Waals surface area contributed by atoms with Gasteiger partial charge in [0.05, 0.1) is 7.11 Å². The second kappa shape index (κ2) is 7.39. The fourth-order valence-electron chi connectivity index (χ4n) is 2.27. The summed E-state index contributed by atoms with van der Waals surface area (Å²) in [6.07, 6.45) is 0.876. The standard InChI is InChI=1S/C12H24N2O3Si/c1-7-8-17-18(9(2)3,10(4)5)11(14-13)12(15)16-6/h9-10H,7-8H2,1-6H3/p+1. The number of aliphatic hydroxyl groups excluding tert-OH is 1. The number of methoxy groups -OCH3 is 1. The molecule has 0 amide bonds. The lowest BCUT2D eigenvalue weighted by atomic mass is 10.5. The van der Waals surface area contributed by atoms with Crippen LogP contribution in [-0.4, -0.2) is 27.1 Å². The lowest BCUT2D eigenvalue weighted by molar-refractivity contribution is 0.132. The van der Waals surface area contributed by atoms with Crippen molar-refractivity contribution in [2.24, 2.45) is 0 Å². The second-order valence-electron chi connectivity index (χ2n) is 4.91.